The van der Waals surface area contributed by atoms with Crippen LogP contribution in [0.15, 0.2) is 23.1 Å². The maximum atomic E-state index is 12.6. The molecule has 1 saturated heterocycles. The van der Waals surface area contributed by atoms with E-state index in [2.05, 4.69) is 22.3 Å². The number of carbonyl (C=O) groups excluding carboxylic acids is 1. The Morgan fingerprint density at radius 1 is 1.35 bits per heavy atom. The third kappa shape index (κ3) is 2.92. The Kier molecular flexibility index (Phi) is 4.14. The number of carbonyl (C=O) groups is 1. The summed E-state index contributed by atoms with van der Waals surface area (Å²) in [5.74, 6) is 1.29. The van der Waals surface area contributed by atoms with Gasteiger partial charge in [0, 0.05) is 13.0 Å². The minimum atomic E-state index is 0.00238. The first-order valence-corrected chi connectivity index (χ1v) is 7.57. The lowest BCUT2D eigenvalue weighted by molar-refractivity contribution is -0.136. The molecule has 5 heteroatoms. The second-order valence-electron chi connectivity index (χ2n) is 5.71. The van der Waals surface area contributed by atoms with Crippen molar-refractivity contribution >= 4 is 5.91 Å². The maximum Gasteiger partial charge on any atom is 0.223 e. The van der Waals surface area contributed by atoms with E-state index < -0.39 is 0 Å². The standard InChI is InChI=1S/C15H21N3O2/c19-14(10-12-6-2-1-3-7-12)18-9-5-4-8-13(18)15-16-11-20-17-15/h2,6,11-13H,1,3-5,7-10H2. The summed E-state index contributed by atoms with van der Waals surface area (Å²) in [5, 5.41) is 3.93. The van der Waals surface area contributed by atoms with Gasteiger partial charge in [-0.2, -0.15) is 4.98 Å². The summed E-state index contributed by atoms with van der Waals surface area (Å²) < 4.78 is 4.84. The van der Waals surface area contributed by atoms with Crippen molar-refractivity contribution in [2.75, 3.05) is 6.54 Å². The van der Waals surface area contributed by atoms with Crippen LogP contribution in [-0.4, -0.2) is 27.5 Å². The Bertz CT molecular complexity index is 469. The van der Waals surface area contributed by atoms with Crippen LogP contribution < -0.4 is 0 Å². The lowest BCUT2D eigenvalue weighted by Crippen LogP contribution is -2.39. The monoisotopic (exact) mass is 275 g/mol. The molecule has 20 heavy (non-hydrogen) atoms. The van der Waals surface area contributed by atoms with Crippen molar-refractivity contribution in [2.24, 2.45) is 5.92 Å². The largest absolute Gasteiger partial charge is 0.343 e. The highest BCUT2D eigenvalue weighted by molar-refractivity contribution is 5.77. The van der Waals surface area contributed by atoms with Gasteiger partial charge in [-0.15, -0.1) is 0 Å². The quantitative estimate of drug-likeness (QED) is 0.796. The smallest absolute Gasteiger partial charge is 0.223 e. The third-order valence-corrected chi connectivity index (χ3v) is 4.29. The summed E-state index contributed by atoms with van der Waals surface area (Å²) in [6.07, 6.45) is 13.0. The second kappa shape index (κ2) is 6.20. The summed E-state index contributed by atoms with van der Waals surface area (Å²) in [5.41, 5.74) is 0. The predicted octanol–water partition coefficient (Wildman–Crippen LogP) is 2.87. The average Bonchev–Trinajstić information content (AvgIpc) is 3.02. The molecule has 1 amide bonds. The molecule has 0 N–H and O–H groups in total. The summed E-state index contributed by atoms with van der Waals surface area (Å²) in [6, 6.07) is 0.00238. The Morgan fingerprint density at radius 3 is 3.05 bits per heavy atom. The van der Waals surface area contributed by atoms with Gasteiger partial charge in [0.15, 0.2) is 5.82 Å². The van der Waals surface area contributed by atoms with Crippen molar-refractivity contribution in [3.05, 3.63) is 24.4 Å². The number of hydrogen-bond donors (Lipinski definition) is 0. The fourth-order valence-electron chi connectivity index (χ4n) is 3.22. The van der Waals surface area contributed by atoms with Crippen LogP contribution in [0.5, 0.6) is 0 Å². The number of nitrogens with zero attached hydrogens (tertiary/aromatic N) is 3. The number of piperidine rings is 1. The van der Waals surface area contributed by atoms with E-state index in [0.717, 1.165) is 38.6 Å². The molecule has 0 saturated carbocycles. The van der Waals surface area contributed by atoms with E-state index in [1.165, 1.54) is 12.8 Å². The van der Waals surface area contributed by atoms with E-state index in [1.54, 1.807) is 0 Å². The lowest BCUT2D eigenvalue weighted by atomic mass is 9.91. The first-order valence-electron chi connectivity index (χ1n) is 7.57. The number of amides is 1. The van der Waals surface area contributed by atoms with Gasteiger partial charge in [-0.25, -0.2) is 0 Å². The summed E-state index contributed by atoms with van der Waals surface area (Å²) in [7, 11) is 0. The fraction of sp³-hybridized carbons (Fsp3) is 0.667. The first-order chi connectivity index (χ1) is 9.84. The van der Waals surface area contributed by atoms with Crippen LogP contribution in [0.1, 0.15) is 56.8 Å². The highest BCUT2D eigenvalue weighted by Crippen LogP contribution is 2.31. The number of likely N-dealkylation sites (tertiary alicyclic amines) is 1. The average molecular weight is 275 g/mol. The van der Waals surface area contributed by atoms with E-state index in [4.69, 9.17) is 4.52 Å². The van der Waals surface area contributed by atoms with E-state index in [1.807, 2.05) is 4.90 Å². The molecule has 0 spiro atoms. The molecule has 2 aliphatic rings. The molecule has 1 fully saturated rings. The van der Waals surface area contributed by atoms with Gasteiger partial charge in [-0.05, 0) is 44.4 Å². The number of allylic oxidation sites excluding steroid dienone is 2. The number of aromatic nitrogens is 2. The van der Waals surface area contributed by atoms with Crippen molar-refractivity contribution < 1.29 is 9.32 Å². The first kappa shape index (κ1) is 13.3. The third-order valence-electron chi connectivity index (χ3n) is 4.29. The zero-order chi connectivity index (χ0) is 13.8. The molecule has 1 aliphatic heterocycles. The van der Waals surface area contributed by atoms with Gasteiger partial charge in [0.25, 0.3) is 0 Å². The van der Waals surface area contributed by atoms with Crippen molar-refractivity contribution in [1.29, 1.82) is 0 Å². The van der Waals surface area contributed by atoms with Crippen LogP contribution >= 0.6 is 0 Å². The van der Waals surface area contributed by atoms with Crippen LogP contribution in [0, 0.1) is 5.92 Å². The van der Waals surface area contributed by atoms with E-state index in [0.29, 0.717) is 18.2 Å². The second-order valence-corrected chi connectivity index (χ2v) is 5.71. The molecule has 0 aromatic carbocycles. The molecule has 2 unspecified atom stereocenters. The van der Waals surface area contributed by atoms with E-state index >= 15 is 0 Å². The molecule has 1 aliphatic carbocycles. The van der Waals surface area contributed by atoms with Crippen LogP contribution in [0.2, 0.25) is 0 Å². The molecule has 0 radical (unpaired) electrons. The summed E-state index contributed by atoms with van der Waals surface area (Å²) in [4.78, 5) is 18.7. The molecule has 108 valence electrons. The van der Waals surface area contributed by atoms with Gasteiger partial charge in [-0.3, -0.25) is 4.79 Å². The molecular formula is C15H21N3O2. The molecule has 1 aromatic heterocycles. The van der Waals surface area contributed by atoms with Gasteiger partial charge < -0.3 is 9.42 Å². The number of hydrogen-bond acceptors (Lipinski definition) is 4. The van der Waals surface area contributed by atoms with Crippen molar-refractivity contribution in [3.8, 4) is 0 Å². The van der Waals surface area contributed by atoms with Crippen molar-refractivity contribution in [1.82, 2.24) is 15.0 Å². The normalized spacial score (nSPS) is 26.7. The van der Waals surface area contributed by atoms with Crippen LogP contribution in [0.3, 0.4) is 0 Å². The molecule has 0 bridgehead atoms. The molecule has 1 aromatic rings. The fourth-order valence-corrected chi connectivity index (χ4v) is 3.22. The van der Waals surface area contributed by atoms with E-state index in [9.17, 15) is 4.79 Å². The Labute approximate surface area is 119 Å². The van der Waals surface area contributed by atoms with Gasteiger partial charge in [-0.1, -0.05) is 17.3 Å². The minimum Gasteiger partial charge on any atom is -0.343 e. The van der Waals surface area contributed by atoms with Gasteiger partial charge in [0.1, 0.15) is 0 Å². The van der Waals surface area contributed by atoms with Crippen LogP contribution in [-0.2, 0) is 4.79 Å². The van der Waals surface area contributed by atoms with Crippen molar-refractivity contribution in [2.45, 2.75) is 51.0 Å². The summed E-state index contributed by atoms with van der Waals surface area (Å²) in [6.45, 7) is 0.814. The molecule has 3 rings (SSSR count). The predicted molar refractivity (Wildman–Crippen MR) is 73.7 cm³/mol. The lowest BCUT2D eigenvalue weighted by Gasteiger charge is -2.34. The Morgan fingerprint density at radius 2 is 2.30 bits per heavy atom. The minimum absolute atomic E-state index is 0.00238. The molecular weight excluding hydrogens is 254 g/mol. The van der Waals surface area contributed by atoms with Gasteiger partial charge in [0.2, 0.25) is 12.3 Å². The van der Waals surface area contributed by atoms with Crippen LogP contribution in [0.4, 0.5) is 0 Å². The van der Waals surface area contributed by atoms with Gasteiger partial charge in [0.05, 0.1) is 6.04 Å². The molecule has 2 atom stereocenters. The SMILES string of the molecule is O=C(CC1C=CCCC1)N1CCCCC1c1ncon1. The highest BCUT2D eigenvalue weighted by Gasteiger charge is 2.31. The maximum absolute atomic E-state index is 12.6. The van der Waals surface area contributed by atoms with Crippen molar-refractivity contribution in [3.63, 3.8) is 0 Å². The molecule has 5 nitrogen and oxygen atoms in total. The van der Waals surface area contributed by atoms with Crippen LogP contribution in [0.25, 0.3) is 0 Å². The van der Waals surface area contributed by atoms with E-state index in [-0.39, 0.29) is 11.9 Å². The molecule has 2 heterocycles. The van der Waals surface area contributed by atoms with Gasteiger partial charge >= 0.3 is 0 Å². The topological polar surface area (TPSA) is 59.2 Å². The Hall–Kier alpha value is -1.65. The Balaban J connectivity index is 1.67. The summed E-state index contributed by atoms with van der Waals surface area (Å²) >= 11 is 0. The zero-order valence-corrected chi connectivity index (χ0v) is 11.7. The zero-order valence-electron chi connectivity index (χ0n) is 11.7. The highest BCUT2D eigenvalue weighted by atomic mass is 16.5. The number of rotatable bonds is 3.